The second kappa shape index (κ2) is 7.90. The van der Waals surface area contributed by atoms with Crippen LogP contribution in [0.5, 0.6) is 5.75 Å². The number of rotatable bonds is 5. The predicted octanol–water partition coefficient (Wildman–Crippen LogP) is 2.53. The van der Waals surface area contributed by atoms with Crippen LogP contribution in [0.3, 0.4) is 0 Å². The molecule has 0 bridgehead atoms. The first-order chi connectivity index (χ1) is 14.0. The van der Waals surface area contributed by atoms with Gasteiger partial charge in [0, 0.05) is 38.3 Å². The van der Waals surface area contributed by atoms with Crippen molar-refractivity contribution in [3.63, 3.8) is 0 Å². The molecule has 1 aliphatic rings. The van der Waals surface area contributed by atoms with Gasteiger partial charge in [-0.15, -0.1) is 10.2 Å². The zero-order valence-corrected chi connectivity index (χ0v) is 17.9. The Hall–Kier alpha value is -2.81. The number of thioether (sulfide) groups is 1. The highest BCUT2D eigenvalue weighted by molar-refractivity contribution is 7.99. The van der Waals surface area contributed by atoms with Gasteiger partial charge in [0.05, 0.1) is 19.2 Å². The van der Waals surface area contributed by atoms with E-state index in [1.807, 2.05) is 46.4 Å². The summed E-state index contributed by atoms with van der Waals surface area (Å²) in [7, 11) is 5.48. The smallest absolute Gasteiger partial charge is 0.257 e. The van der Waals surface area contributed by atoms with Crippen LogP contribution >= 0.6 is 11.8 Å². The lowest BCUT2D eigenvalue weighted by molar-refractivity contribution is 0.0730. The third-order valence-corrected chi connectivity index (χ3v) is 6.09. The summed E-state index contributed by atoms with van der Waals surface area (Å²) < 4.78 is 9.25. The van der Waals surface area contributed by atoms with Crippen LogP contribution in [-0.4, -0.2) is 54.8 Å². The summed E-state index contributed by atoms with van der Waals surface area (Å²) in [5.74, 6) is 2.20. The molecule has 1 amide bonds. The van der Waals surface area contributed by atoms with E-state index < -0.39 is 0 Å². The van der Waals surface area contributed by atoms with Gasteiger partial charge in [-0.2, -0.15) is 5.10 Å². The minimum absolute atomic E-state index is 0.0388. The van der Waals surface area contributed by atoms with Crippen LogP contribution in [0.15, 0.2) is 29.4 Å². The van der Waals surface area contributed by atoms with Gasteiger partial charge < -0.3 is 14.2 Å². The molecular weight excluding hydrogens is 388 g/mol. The quantitative estimate of drug-likeness (QED) is 0.600. The molecule has 29 heavy (non-hydrogen) atoms. The Balaban J connectivity index is 1.68. The Morgan fingerprint density at radius 2 is 2.03 bits per heavy atom. The maximum absolute atomic E-state index is 13.2. The van der Waals surface area contributed by atoms with Crippen LogP contribution < -0.4 is 4.74 Å². The van der Waals surface area contributed by atoms with Gasteiger partial charge >= 0.3 is 0 Å². The number of nitrogens with zero attached hydrogens (tertiary/aromatic N) is 6. The lowest BCUT2D eigenvalue weighted by atomic mass is 10.0. The van der Waals surface area contributed by atoms with Crippen molar-refractivity contribution >= 4 is 17.7 Å². The second-order valence-electron chi connectivity index (χ2n) is 6.87. The van der Waals surface area contributed by atoms with Gasteiger partial charge in [-0.3, -0.25) is 9.48 Å². The number of ether oxygens (including phenoxy) is 1. The van der Waals surface area contributed by atoms with Crippen LogP contribution in [-0.2, 0) is 27.1 Å². The van der Waals surface area contributed by atoms with Gasteiger partial charge in [-0.25, -0.2) is 0 Å². The van der Waals surface area contributed by atoms with Crippen molar-refractivity contribution in [3.05, 3.63) is 41.1 Å². The highest BCUT2D eigenvalue weighted by Crippen LogP contribution is 2.31. The second-order valence-corrected chi connectivity index (χ2v) is 8.10. The number of fused-ring (bicyclic) bond motifs is 1. The highest BCUT2D eigenvalue weighted by atomic mass is 32.2. The molecule has 0 spiro atoms. The van der Waals surface area contributed by atoms with Crippen molar-refractivity contribution in [1.82, 2.24) is 29.4 Å². The van der Waals surface area contributed by atoms with E-state index >= 15 is 0 Å². The molecule has 152 valence electrons. The third kappa shape index (κ3) is 3.39. The minimum atomic E-state index is -0.0388. The summed E-state index contributed by atoms with van der Waals surface area (Å²) in [6, 6.07) is 7.33. The molecule has 0 saturated heterocycles. The molecule has 0 unspecified atom stereocenters. The number of amides is 1. The topological polar surface area (TPSA) is 78.1 Å². The van der Waals surface area contributed by atoms with E-state index in [9.17, 15) is 4.79 Å². The van der Waals surface area contributed by atoms with E-state index in [0.717, 1.165) is 40.1 Å². The number of hydrogen-bond acceptors (Lipinski definition) is 6. The normalized spacial score (nSPS) is 13.4. The largest absolute Gasteiger partial charge is 0.496 e. The summed E-state index contributed by atoms with van der Waals surface area (Å²) in [4.78, 5) is 15.0. The van der Waals surface area contributed by atoms with Crippen molar-refractivity contribution in [2.45, 2.75) is 25.0 Å². The van der Waals surface area contributed by atoms with Crippen LogP contribution in [0, 0.1) is 0 Å². The van der Waals surface area contributed by atoms with Crippen LogP contribution in [0.2, 0.25) is 0 Å². The Labute approximate surface area is 173 Å². The van der Waals surface area contributed by atoms with Gasteiger partial charge in [0.25, 0.3) is 5.91 Å². The van der Waals surface area contributed by atoms with Gasteiger partial charge in [0.1, 0.15) is 11.4 Å². The molecule has 2 aromatic heterocycles. The molecule has 8 nitrogen and oxygen atoms in total. The molecule has 3 aromatic rings. The average molecular weight is 413 g/mol. The SMILES string of the molecule is CCSc1nnc(-c2nn(C)c3c2CN(C(=O)c2ccccc2OC)CC3)n1C. The third-order valence-electron chi connectivity index (χ3n) is 5.19. The van der Waals surface area contributed by atoms with Gasteiger partial charge in [-0.1, -0.05) is 30.8 Å². The van der Waals surface area contributed by atoms with E-state index in [0.29, 0.717) is 24.4 Å². The van der Waals surface area contributed by atoms with E-state index in [-0.39, 0.29) is 5.91 Å². The van der Waals surface area contributed by atoms with Crippen molar-refractivity contribution in [3.8, 4) is 17.3 Å². The molecule has 9 heteroatoms. The van der Waals surface area contributed by atoms with Gasteiger partial charge in [0.2, 0.25) is 0 Å². The van der Waals surface area contributed by atoms with E-state index in [1.165, 1.54) is 0 Å². The van der Waals surface area contributed by atoms with E-state index in [4.69, 9.17) is 9.84 Å². The number of carbonyl (C=O) groups excluding carboxylic acids is 1. The maximum Gasteiger partial charge on any atom is 0.257 e. The summed E-state index contributed by atoms with van der Waals surface area (Å²) in [6.07, 6.45) is 0.744. The van der Waals surface area contributed by atoms with Crippen molar-refractivity contribution in [1.29, 1.82) is 0 Å². The summed E-state index contributed by atoms with van der Waals surface area (Å²) in [5, 5.41) is 14.2. The fourth-order valence-corrected chi connectivity index (χ4v) is 4.35. The number of para-hydroxylation sites is 1. The van der Waals surface area contributed by atoms with Crippen LogP contribution in [0.1, 0.15) is 28.5 Å². The first-order valence-corrected chi connectivity index (χ1v) is 10.5. The summed E-state index contributed by atoms with van der Waals surface area (Å²) in [6.45, 7) is 3.21. The Morgan fingerprint density at radius 3 is 2.79 bits per heavy atom. The Bertz CT molecular complexity index is 1060. The van der Waals surface area contributed by atoms with Crippen LogP contribution in [0.25, 0.3) is 11.5 Å². The monoisotopic (exact) mass is 412 g/mol. The molecule has 0 aliphatic carbocycles. The predicted molar refractivity (Wildman–Crippen MR) is 111 cm³/mol. The highest BCUT2D eigenvalue weighted by Gasteiger charge is 2.30. The molecule has 1 aliphatic heterocycles. The molecule has 0 saturated carbocycles. The maximum atomic E-state index is 13.2. The molecule has 3 heterocycles. The molecule has 0 radical (unpaired) electrons. The Kier molecular flexibility index (Phi) is 5.31. The van der Waals surface area contributed by atoms with Crippen molar-refractivity contribution in [2.24, 2.45) is 14.1 Å². The zero-order chi connectivity index (χ0) is 20.5. The number of hydrogen-bond donors (Lipinski definition) is 0. The minimum Gasteiger partial charge on any atom is -0.496 e. The number of methoxy groups -OCH3 is 1. The molecule has 0 N–H and O–H groups in total. The van der Waals surface area contributed by atoms with E-state index in [2.05, 4.69) is 17.1 Å². The molecular formula is C20H24N6O2S. The molecule has 4 rings (SSSR count). The fraction of sp³-hybridized carbons (Fsp3) is 0.400. The fourth-order valence-electron chi connectivity index (χ4n) is 3.71. The number of aromatic nitrogens is 5. The Morgan fingerprint density at radius 1 is 1.24 bits per heavy atom. The van der Waals surface area contributed by atoms with E-state index in [1.54, 1.807) is 24.9 Å². The number of benzene rings is 1. The lowest BCUT2D eigenvalue weighted by Crippen LogP contribution is -2.36. The van der Waals surface area contributed by atoms with Crippen molar-refractivity contribution < 1.29 is 9.53 Å². The standard InChI is InChI=1S/C20H24N6O2S/c1-5-29-20-22-21-18(24(20)2)17-14-12-26(11-10-15(14)25(3)23-17)19(27)13-8-6-7-9-16(13)28-4/h6-9H,5,10-12H2,1-4H3. The van der Waals surface area contributed by atoms with Gasteiger partial charge in [0.15, 0.2) is 11.0 Å². The van der Waals surface area contributed by atoms with Crippen LogP contribution in [0.4, 0.5) is 0 Å². The first kappa shape index (κ1) is 19.5. The number of aryl methyl sites for hydroxylation is 1. The lowest BCUT2D eigenvalue weighted by Gasteiger charge is -2.28. The molecule has 0 atom stereocenters. The molecule has 1 aromatic carbocycles. The van der Waals surface area contributed by atoms with Crippen molar-refractivity contribution in [2.75, 3.05) is 19.4 Å². The summed E-state index contributed by atoms with van der Waals surface area (Å²) >= 11 is 1.64. The first-order valence-electron chi connectivity index (χ1n) is 9.54. The number of carbonyl (C=O) groups is 1. The van der Waals surface area contributed by atoms with Gasteiger partial charge in [-0.05, 0) is 17.9 Å². The zero-order valence-electron chi connectivity index (χ0n) is 17.0. The molecule has 0 fully saturated rings. The average Bonchev–Trinajstić information content (AvgIpc) is 3.27. The summed E-state index contributed by atoms with van der Waals surface area (Å²) in [5.41, 5.74) is 3.53.